The Morgan fingerprint density at radius 2 is 1.81 bits per heavy atom. The number of methoxy groups -OCH3 is 1. The van der Waals surface area contributed by atoms with E-state index in [4.69, 9.17) is 9.47 Å². The molecule has 0 aliphatic carbocycles. The summed E-state index contributed by atoms with van der Waals surface area (Å²) in [5, 5.41) is 3.25. The molecule has 2 atom stereocenters. The molecule has 1 aromatic heterocycles. The molecule has 1 N–H and O–H groups in total. The van der Waals surface area contributed by atoms with Gasteiger partial charge in [0.15, 0.2) is 0 Å². The third-order valence-corrected chi connectivity index (χ3v) is 5.75. The van der Waals surface area contributed by atoms with Crippen molar-refractivity contribution in [2.75, 3.05) is 20.2 Å². The number of fused-ring (bicyclic) bond motifs is 3. The standard InChI is InChI=1S/C21H25N3O3/c1-14-20(15-7-9-24(14)10-8-15)23-21(25)16-3-5-17(6-4-16)27-19-11-18(26-2)12-22-13-19/h3-6,11-15,20H,7-10H2,1-2H3,(H,23,25). The summed E-state index contributed by atoms with van der Waals surface area (Å²) < 4.78 is 10.9. The zero-order valence-corrected chi connectivity index (χ0v) is 15.7. The zero-order valence-electron chi connectivity index (χ0n) is 15.7. The Labute approximate surface area is 159 Å². The van der Waals surface area contributed by atoms with Crippen molar-refractivity contribution in [2.24, 2.45) is 5.92 Å². The van der Waals surface area contributed by atoms with E-state index in [1.54, 1.807) is 49.8 Å². The monoisotopic (exact) mass is 367 g/mol. The number of amides is 1. The van der Waals surface area contributed by atoms with Gasteiger partial charge in [-0.3, -0.25) is 14.7 Å². The molecule has 6 heteroatoms. The van der Waals surface area contributed by atoms with Gasteiger partial charge in [-0.1, -0.05) is 0 Å². The summed E-state index contributed by atoms with van der Waals surface area (Å²) in [6.07, 6.45) is 5.60. The number of aromatic nitrogens is 1. The number of hydrogen-bond donors (Lipinski definition) is 1. The van der Waals surface area contributed by atoms with E-state index in [0.717, 1.165) is 13.1 Å². The number of benzene rings is 1. The Kier molecular flexibility index (Phi) is 4.99. The number of pyridine rings is 1. The smallest absolute Gasteiger partial charge is 0.251 e. The second kappa shape index (κ2) is 7.56. The van der Waals surface area contributed by atoms with Crippen molar-refractivity contribution in [3.63, 3.8) is 0 Å². The maximum atomic E-state index is 12.7. The fraction of sp³-hybridized carbons (Fsp3) is 0.429. The maximum absolute atomic E-state index is 12.7. The third kappa shape index (κ3) is 3.76. The fourth-order valence-corrected chi connectivity index (χ4v) is 4.16. The van der Waals surface area contributed by atoms with E-state index in [-0.39, 0.29) is 11.9 Å². The summed E-state index contributed by atoms with van der Waals surface area (Å²) in [5.74, 6) is 2.45. The molecule has 142 valence electrons. The van der Waals surface area contributed by atoms with Crippen LogP contribution in [0.15, 0.2) is 42.7 Å². The van der Waals surface area contributed by atoms with Gasteiger partial charge < -0.3 is 14.8 Å². The second-order valence-electron chi connectivity index (χ2n) is 7.30. The van der Waals surface area contributed by atoms with Crippen LogP contribution < -0.4 is 14.8 Å². The van der Waals surface area contributed by atoms with E-state index >= 15 is 0 Å². The van der Waals surface area contributed by atoms with E-state index < -0.39 is 0 Å². The molecule has 0 saturated carbocycles. The Bertz CT molecular complexity index is 799. The maximum Gasteiger partial charge on any atom is 0.251 e. The van der Waals surface area contributed by atoms with Gasteiger partial charge >= 0.3 is 0 Å². The molecule has 6 nitrogen and oxygen atoms in total. The van der Waals surface area contributed by atoms with Gasteiger partial charge in [-0.05, 0) is 63.0 Å². The first kappa shape index (κ1) is 17.8. The average molecular weight is 367 g/mol. The lowest BCUT2D eigenvalue weighted by atomic mass is 9.79. The molecule has 2 unspecified atom stereocenters. The van der Waals surface area contributed by atoms with Crippen LogP contribution in [-0.4, -0.2) is 48.1 Å². The van der Waals surface area contributed by atoms with Crippen LogP contribution in [0.1, 0.15) is 30.1 Å². The van der Waals surface area contributed by atoms with Gasteiger partial charge in [-0.25, -0.2) is 0 Å². The minimum atomic E-state index is -0.0183. The van der Waals surface area contributed by atoms with Gasteiger partial charge in [0.25, 0.3) is 5.91 Å². The summed E-state index contributed by atoms with van der Waals surface area (Å²) in [4.78, 5) is 19.2. The highest BCUT2D eigenvalue weighted by molar-refractivity contribution is 5.94. The third-order valence-electron chi connectivity index (χ3n) is 5.75. The minimum absolute atomic E-state index is 0.0183. The number of rotatable bonds is 5. The van der Waals surface area contributed by atoms with Crippen LogP contribution in [0.3, 0.4) is 0 Å². The molecule has 0 spiro atoms. The number of piperidine rings is 3. The molecule has 2 aromatic rings. The van der Waals surface area contributed by atoms with Crippen molar-refractivity contribution in [3.8, 4) is 17.2 Å². The molecular formula is C21H25N3O3. The molecule has 3 saturated heterocycles. The Morgan fingerprint density at radius 3 is 2.48 bits per heavy atom. The van der Waals surface area contributed by atoms with E-state index in [1.807, 2.05) is 0 Å². The first-order valence-electron chi connectivity index (χ1n) is 9.46. The number of ether oxygens (including phenoxy) is 2. The lowest BCUT2D eigenvalue weighted by Crippen LogP contribution is -2.62. The van der Waals surface area contributed by atoms with E-state index in [1.165, 1.54) is 12.8 Å². The van der Waals surface area contributed by atoms with Crippen molar-refractivity contribution in [2.45, 2.75) is 31.8 Å². The van der Waals surface area contributed by atoms with Crippen molar-refractivity contribution < 1.29 is 14.3 Å². The number of hydrogen-bond acceptors (Lipinski definition) is 5. The molecule has 3 aliphatic heterocycles. The SMILES string of the molecule is COc1cncc(Oc2ccc(C(=O)NC3C4CCN(CC4)C3C)cc2)c1. The molecule has 27 heavy (non-hydrogen) atoms. The molecule has 5 rings (SSSR count). The van der Waals surface area contributed by atoms with Crippen LogP contribution in [0.5, 0.6) is 17.2 Å². The molecule has 3 aliphatic rings. The van der Waals surface area contributed by atoms with E-state index in [2.05, 4.69) is 22.1 Å². The Morgan fingerprint density at radius 1 is 1.11 bits per heavy atom. The van der Waals surface area contributed by atoms with Gasteiger partial charge in [-0.15, -0.1) is 0 Å². The summed E-state index contributed by atoms with van der Waals surface area (Å²) >= 11 is 0. The lowest BCUT2D eigenvalue weighted by Gasteiger charge is -2.49. The van der Waals surface area contributed by atoms with Gasteiger partial charge in [0.1, 0.15) is 17.2 Å². The number of nitrogens with one attached hydrogen (secondary N) is 1. The van der Waals surface area contributed by atoms with Crippen molar-refractivity contribution in [1.82, 2.24) is 15.2 Å². The Hall–Kier alpha value is -2.60. The summed E-state index contributed by atoms with van der Waals surface area (Å²) in [7, 11) is 1.59. The number of carbonyl (C=O) groups excluding carboxylic acids is 1. The summed E-state index contributed by atoms with van der Waals surface area (Å²) in [5.41, 5.74) is 0.648. The van der Waals surface area contributed by atoms with Gasteiger partial charge in [-0.2, -0.15) is 0 Å². The molecule has 1 amide bonds. The van der Waals surface area contributed by atoms with Crippen LogP contribution >= 0.6 is 0 Å². The van der Waals surface area contributed by atoms with Crippen LogP contribution in [0.25, 0.3) is 0 Å². The lowest BCUT2D eigenvalue weighted by molar-refractivity contribution is 0.0217. The van der Waals surface area contributed by atoms with Crippen LogP contribution in [0.4, 0.5) is 0 Å². The first-order chi connectivity index (χ1) is 13.1. The fourth-order valence-electron chi connectivity index (χ4n) is 4.16. The highest BCUT2D eigenvalue weighted by Crippen LogP contribution is 2.32. The molecular weight excluding hydrogens is 342 g/mol. The van der Waals surface area contributed by atoms with E-state index in [0.29, 0.717) is 34.8 Å². The van der Waals surface area contributed by atoms with Gasteiger partial charge in [0.2, 0.25) is 0 Å². The predicted octanol–water partition coefficient (Wildman–Crippen LogP) is 3.10. The van der Waals surface area contributed by atoms with Crippen LogP contribution in [0, 0.1) is 5.92 Å². The normalized spacial score (nSPS) is 26.4. The summed E-state index contributed by atoms with van der Waals surface area (Å²) in [6.45, 7) is 4.53. The quantitative estimate of drug-likeness (QED) is 0.880. The van der Waals surface area contributed by atoms with Crippen LogP contribution in [0.2, 0.25) is 0 Å². The summed E-state index contributed by atoms with van der Waals surface area (Å²) in [6, 6.07) is 9.60. The topological polar surface area (TPSA) is 63.7 Å². The van der Waals surface area contributed by atoms with Gasteiger partial charge in [0.05, 0.1) is 19.5 Å². The second-order valence-corrected chi connectivity index (χ2v) is 7.30. The minimum Gasteiger partial charge on any atom is -0.495 e. The predicted molar refractivity (Wildman–Crippen MR) is 102 cm³/mol. The average Bonchev–Trinajstić information content (AvgIpc) is 2.71. The van der Waals surface area contributed by atoms with Crippen molar-refractivity contribution >= 4 is 5.91 Å². The van der Waals surface area contributed by atoms with Gasteiger partial charge in [0, 0.05) is 23.7 Å². The molecule has 1 aromatic carbocycles. The largest absolute Gasteiger partial charge is 0.495 e. The molecule has 0 radical (unpaired) electrons. The number of nitrogens with zero attached hydrogens (tertiary/aromatic N) is 2. The molecule has 4 heterocycles. The van der Waals surface area contributed by atoms with E-state index in [9.17, 15) is 4.79 Å². The molecule has 2 bridgehead atoms. The van der Waals surface area contributed by atoms with Crippen molar-refractivity contribution in [3.05, 3.63) is 48.3 Å². The highest BCUT2D eigenvalue weighted by atomic mass is 16.5. The Balaban J connectivity index is 1.40. The highest BCUT2D eigenvalue weighted by Gasteiger charge is 2.40. The van der Waals surface area contributed by atoms with Crippen LogP contribution in [-0.2, 0) is 0 Å². The zero-order chi connectivity index (χ0) is 18.8. The molecule has 3 fully saturated rings. The first-order valence-corrected chi connectivity index (χ1v) is 9.46. The number of carbonyl (C=O) groups is 1. The van der Waals surface area contributed by atoms with Crippen molar-refractivity contribution in [1.29, 1.82) is 0 Å².